The Balaban J connectivity index is 2.86. The van der Waals surface area contributed by atoms with Gasteiger partial charge in [-0.25, -0.2) is 9.37 Å². The van der Waals surface area contributed by atoms with Crippen LogP contribution >= 0.6 is 23.2 Å². The van der Waals surface area contributed by atoms with Gasteiger partial charge in [0.2, 0.25) is 0 Å². The van der Waals surface area contributed by atoms with Crippen LogP contribution < -0.4 is 0 Å². The van der Waals surface area contributed by atoms with E-state index in [-0.39, 0.29) is 15.9 Å². The van der Waals surface area contributed by atoms with Gasteiger partial charge in [0.1, 0.15) is 11.6 Å². The lowest BCUT2D eigenvalue weighted by Gasteiger charge is -2.25. The summed E-state index contributed by atoms with van der Waals surface area (Å²) >= 11 is 11.9. The summed E-state index contributed by atoms with van der Waals surface area (Å²) in [6, 6.07) is 2.95. The standard InChI is InChI=1S/C13H15Cl2FN2/c1-7(14)12-17-10-5-8(15)9(16)6-11(10)18(12)13(2,3)4/h5-7H,1-4H3. The van der Waals surface area contributed by atoms with Gasteiger partial charge < -0.3 is 4.57 Å². The van der Waals surface area contributed by atoms with Gasteiger partial charge in [-0.2, -0.15) is 0 Å². The highest BCUT2D eigenvalue weighted by molar-refractivity contribution is 6.31. The number of imidazole rings is 1. The van der Waals surface area contributed by atoms with Crippen molar-refractivity contribution >= 4 is 34.2 Å². The summed E-state index contributed by atoms with van der Waals surface area (Å²) in [4.78, 5) is 4.46. The summed E-state index contributed by atoms with van der Waals surface area (Å²) in [5.41, 5.74) is 1.15. The van der Waals surface area contributed by atoms with Gasteiger partial charge in [-0.05, 0) is 33.8 Å². The molecule has 0 spiro atoms. The Morgan fingerprint density at radius 2 is 1.94 bits per heavy atom. The predicted octanol–water partition coefficient (Wildman–Crippen LogP) is 4.88. The van der Waals surface area contributed by atoms with Crippen molar-refractivity contribution in [3.8, 4) is 0 Å². The fraction of sp³-hybridized carbons (Fsp3) is 0.462. The van der Waals surface area contributed by atoms with Crippen molar-refractivity contribution in [2.75, 3.05) is 0 Å². The van der Waals surface area contributed by atoms with Gasteiger partial charge in [0.05, 0.1) is 21.4 Å². The average molecular weight is 289 g/mol. The predicted molar refractivity (Wildman–Crippen MR) is 74.0 cm³/mol. The van der Waals surface area contributed by atoms with Crippen LogP contribution in [0.4, 0.5) is 4.39 Å². The van der Waals surface area contributed by atoms with E-state index in [4.69, 9.17) is 23.2 Å². The maximum atomic E-state index is 13.6. The molecule has 1 unspecified atom stereocenters. The van der Waals surface area contributed by atoms with E-state index in [0.717, 1.165) is 5.82 Å². The molecule has 0 amide bonds. The van der Waals surface area contributed by atoms with Crippen molar-refractivity contribution < 1.29 is 4.39 Å². The zero-order valence-corrected chi connectivity index (χ0v) is 12.3. The Kier molecular flexibility index (Phi) is 3.32. The number of aromatic nitrogens is 2. The summed E-state index contributed by atoms with van der Waals surface area (Å²) in [6.45, 7) is 7.94. The first-order valence-corrected chi connectivity index (χ1v) is 6.55. The Morgan fingerprint density at radius 1 is 1.33 bits per heavy atom. The van der Waals surface area contributed by atoms with Gasteiger partial charge >= 0.3 is 0 Å². The topological polar surface area (TPSA) is 17.8 Å². The molecule has 2 rings (SSSR count). The Morgan fingerprint density at radius 3 is 2.44 bits per heavy atom. The zero-order valence-electron chi connectivity index (χ0n) is 10.8. The van der Waals surface area contributed by atoms with E-state index in [1.165, 1.54) is 12.1 Å². The minimum atomic E-state index is -0.441. The molecule has 2 nitrogen and oxygen atoms in total. The number of benzene rings is 1. The highest BCUT2D eigenvalue weighted by atomic mass is 35.5. The van der Waals surface area contributed by atoms with Crippen molar-refractivity contribution in [2.24, 2.45) is 0 Å². The molecule has 18 heavy (non-hydrogen) atoms. The smallest absolute Gasteiger partial charge is 0.144 e. The van der Waals surface area contributed by atoms with Crippen LogP contribution in [0.25, 0.3) is 11.0 Å². The van der Waals surface area contributed by atoms with E-state index in [9.17, 15) is 4.39 Å². The van der Waals surface area contributed by atoms with E-state index >= 15 is 0 Å². The summed E-state index contributed by atoms with van der Waals surface area (Å²) < 4.78 is 15.6. The lowest BCUT2D eigenvalue weighted by atomic mass is 10.1. The van der Waals surface area contributed by atoms with Crippen molar-refractivity contribution in [3.63, 3.8) is 0 Å². The molecule has 0 saturated carbocycles. The number of nitrogens with zero attached hydrogens (tertiary/aromatic N) is 2. The van der Waals surface area contributed by atoms with Gasteiger partial charge in [0.25, 0.3) is 0 Å². The molecule has 0 radical (unpaired) electrons. The van der Waals surface area contributed by atoms with Crippen LogP contribution in [0.15, 0.2) is 12.1 Å². The van der Waals surface area contributed by atoms with Crippen LogP contribution in [0.2, 0.25) is 5.02 Å². The van der Waals surface area contributed by atoms with E-state index in [2.05, 4.69) is 4.98 Å². The van der Waals surface area contributed by atoms with E-state index in [1.54, 1.807) is 0 Å². The molecule has 1 aromatic carbocycles. The SMILES string of the molecule is CC(Cl)c1nc2cc(Cl)c(F)cc2n1C(C)(C)C. The number of alkyl halides is 1. The van der Waals surface area contributed by atoms with Crippen LogP contribution in [-0.4, -0.2) is 9.55 Å². The van der Waals surface area contributed by atoms with Gasteiger partial charge in [0.15, 0.2) is 0 Å². The zero-order chi connectivity index (χ0) is 13.7. The molecule has 0 N–H and O–H groups in total. The molecule has 5 heteroatoms. The molecule has 1 heterocycles. The average Bonchev–Trinajstić information content (AvgIpc) is 2.56. The van der Waals surface area contributed by atoms with E-state index in [0.29, 0.717) is 11.0 Å². The van der Waals surface area contributed by atoms with E-state index < -0.39 is 5.82 Å². The van der Waals surface area contributed by atoms with Gasteiger partial charge in [-0.15, -0.1) is 11.6 Å². The molecular formula is C13H15Cl2FN2. The van der Waals surface area contributed by atoms with Crippen molar-refractivity contribution in [3.05, 3.63) is 28.8 Å². The number of fused-ring (bicyclic) bond motifs is 1. The number of rotatable bonds is 1. The summed E-state index contributed by atoms with van der Waals surface area (Å²) in [5, 5.41) is -0.173. The number of hydrogen-bond acceptors (Lipinski definition) is 1. The minimum absolute atomic E-state index is 0.0786. The molecule has 0 bridgehead atoms. The molecule has 0 fully saturated rings. The maximum absolute atomic E-state index is 13.6. The first-order chi connectivity index (χ1) is 8.21. The lowest BCUT2D eigenvalue weighted by molar-refractivity contribution is 0.393. The van der Waals surface area contributed by atoms with Gasteiger partial charge in [-0.3, -0.25) is 0 Å². The first-order valence-electron chi connectivity index (χ1n) is 5.73. The van der Waals surface area contributed by atoms with Crippen molar-refractivity contribution in [1.29, 1.82) is 0 Å². The lowest BCUT2D eigenvalue weighted by Crippen LogP contribution is -2.24. The third-order valence-corrected chi connectivity index (χ3v) is 3.23. The third-order valence-electron chi connectivity index (χ3n) is 2.75. The fourth-order valence-electron chi connectivity index (χ4n) is 2.06. The molecule has 98 valence electrons. The molecule has 0 aliphatic carbocycles. The Bertz CT molecular complexity index is 597. The molecular weight excluding hydrogens is 274 g/mol. The minimum Gasteiger partial charge on any atom is -0.321 e. The maximum Gasteiger partial charge on any atom is 0.144 e. The number of halogens is 3. The monoisotopic (exact) mass is 288 g/mol. The summed E-state index contributed by atoms with van der Waals surface area (Å²) in [6.07, 6.45) is 0. The summed E-state index contributed by atoms with van der Waals surface area (Å²) in [7, 11) is 0. The van der Waals surface area contributed by atoms with Crippen LogP contribution in [-0.2, 0) is 5.54 Å². The Labute approximate surface area is 116 Å². The van der Waals surface area contributed by atoms with Crippen molar-refractivity contribution in [1.82, 2.24) is 9.55 Å². The molecule has 0 saturated heterocycles. The van der Waals surface area contributed by atoms with Gasteiger partial charge in [-0.1, -0.05) is 11.6 Å². The first kappa shape index (κ1) is 13.6. The van der Waals surface area contributed by atoms with Crippen LogP contribution in [0.5, 0.6) is 0 Å². The Hall–Kier alpha value is -0.800. The fourth-order valence-corrected chi connectivity index (χ4v) is 2.37. The summed E-state index contributed by atoms with van der Waals surface area (Å²) in [5.74, 6) is 0.282. The largest absolute Gasteiger partial charge is 0.321 e. The van der Waals surface area contributed by atoms with Crippen molar-refractivity contribution in [2.45, 2.75) is 38.6 Å². The highest BCUT2D eigenvalue weighted by Gasteiger charge is 2.24. The molecule has 1 aromatic heterocycles. The molecule has 0 aliphatic rings. The highest BCUT2D eigenvalue weighted by Crippen LogP contribution is 2.32. The second-order valence-electron chi connectivity index (χ2n) is 5.35. The van der Waals surface area contributed by atoms with Crippen LogP contribution in [0.1, 0.15) is 38.9 Å². The normalized spacial score (nSPS) is 14.2. The quantitative estimate of drug-likeness (QED) is 0.684. The van der Waals surface area contributed by atoms with E-state index in [1.807, 2.05) is 32.3 Å². The second-order valence-corrected chi connectivity index (χ2v) is 6.41. The second kappa shape index (κ2) is 4.39. The van der Waals surface area contributed by atoms with Gasteiger partial charge in [0, 0.05) is 11.6 Å². The number of hydrogen-bond donors (Lipinski definition) is 0. The molecule has 0 aliphatic heterocycles. The third kappa shape index (κ3) is 2.21. The molecule has 2 aromatic rings. The molecule has 1 atom stereocenters. The van der Waals surface area contributed by atoms with Crippen LogP contribution in [0.3, 0.4) is 0 Å². The van der Waals surface area contributed by atoms with Crippen LogP contribution in [0, 0.1) is 5.82 Å².